The van der Waals surface area contributed by atoms with Crippen LogP contribution in [0, 0.1) is 16.0 Å². The third kappa shape index (κ3) is 4.19. The van der Waals surface area contributed by atoms with Gasteiger partial charge in [-0.05, 0) is 55.5 Å². The van der Waals surface area contributed by atoms with Crippen molar-refractivity contribution >= 4 is 33.2 Å². The standard InChI is InChI=1S/C20H19BrN2O3/c1-13-2-11-18(20(24)22-16-7-5-15(21)6-8-16)19(12-13)14-3-9-17(10-4-14)23(25)26/h2-10,18-19H,11-12H2,1H3,(H,22,24)/t18-,19-/m0/s1. The van der Waals surface area contributed by atoms with E-state index in [4.69, 9.17) is 0 Å². The van der Waals surface area contributed by atoms with Gasteiger partial charge in [0.05, 0.1) is 4.92 Å². The van der Waals surface area contributed by atoms with Crippen LogP contribution in [0.2, 0.25) is 0 Å². The molecule has 0 heterocycles. The molecular formula is C20H19BrN2O3. The Morgan fingerprint density at radius 2 is 1.81 bits per heavy atom. The molecule has 6 heteroatoms. The van der Waals surface area contributed by atoms with Crippen LogP contribution in [0.15, 0.2) is 64.7 Å². The molecule has 0 fully saturated rings. The fourth-order valence-electron chi connectivity index (χ4n) is 3.32. The van der Waals surface area contributed by atoms with Crippen LogP contribution >= 0.6 is 15.9 Å². The highest BCUT2D eigenvalue weighted by atomic mass is 79.9. The molecule has 0 radical (unpaired) electrons. The van der Waals surface area contributed by atoms with Crippen molar-refractivity contribution in [3.8, 4) is 0 Å². The lowest BCUT2D eigenvalue weighted by Crippen LogP contribution is -2.30. The average molecular weight is 415 g/mol. The Labute approximate surface area is 160 Å². The van der Waals surface area contributed by atoms with Crippen molar-refractivity contribution in [2.24, 2.45) is 5.92 Å². The number of anilines is 1. The number of hydrogen-bond acceptors (Lipinski definition) is 3. The van der Waals surface area contributed by atoms with Gasteiger partial charge in [-0.1, -0.05) is 39.7 Å². The second kappa shape index (κ2) is 7.83. The molecule has 134 valence electrons. The van der Waals surface area contributed by atoms with Crippen molar-refractivity contribution in [1.82, 2.24) is 0 Å². The third-order valence-corrected chi connectivity index (χ3v) is 5.26. The van der Waals surface area contributed by atoms with Gasteiger partial charge in [-0.25, -0.2) is 0 Å². The normalized spacial score (nSPS) is 19.5. The summed E-state index contributed by atoms with van der Waals surface area (Å²) in [4.78, 5) is 23.3. The number of nitro groups is 1. The summed E-state index contributed by atoms with van der Waals surface area (Å²) in [6, 6.07) is 14.0. The van der Waals surface area contributed by atoms with Gasteiger partial charge in [-0.3, -0.25) is 14.9 Å². The molecule has 0 saturated heterocycles. The Balaban J connectivity index is 1.82. The molecule has 1 amide bonds. The second-order valence-electron chi connectivity index (χ2n) is 6.55. The summed E-state index contributed by atoms with van der Waals surface area (Å²) in [5, 5.41) is 13.9. The average Bonchev–Trinajstić information content (AvgIpc) is 2.63. The SMILES string of the molecule is CC1=CC[C@H](C(=O)Nc2ccc(Br)cc2)[C@H](c2ccc([N+](=O)[O-])cc2)C1. The minimum Gasteiger partial charge on any atom is -0.326 e. The van der Waals surface area contributed by atoms with Gasteiger partial charge in [-0.2, -0.15) is 0 Å². The molecule has 26 heavy (non-hydrogen) atoms. The first kappa shape index (κ1) is 18.3. The second-order valence-corrected chi connectivity index (χ2v) is 7.46. The molecule has 2 aromatic carbocycles. The first-order valence-electron chi connectivity index (χ1n) is 8.40. The minimum absolute atomic E-state index is 0.0104. The number of benzene rings is 2. The topological polar surface area (TPSA) is 72.2 Å². The molecule has 1 aliphatic carbocycles. The number of allylic oxidation sites excluding steroid dienone is 2. The van der Waals surface area contributed by atoms with E-state index in [0.29, 0.717) is 6.42 Å². The van der Waals surface area contributed by atoms with E-state index < -0.39 is 4.92 Å². The smallest absolute Gasteiger partial charge is 0.269 e. The predicted molar refractivity (Wildman–Crippen MR) is 105 cm³/mol. The molecule has 1 N–H and O–H groups in total. The maximum Gasteiger partial charge on any atom is 0.269 e. The highest BCUT2D eigenvalue weighted by Gasteiger charge is 2.32. The molecule has 1 aliphatic rings. The minimum atomic E-state index is -0.409. The predicted octanol–water partition coefficient (Wildman–Crippen LogP) is 5.44. The quantitative estimate of drug-likeness (QED) is 0.411. The molecule has 5 nitrogen and oxygen atoms in total. The fraction of sp³-hybridized carbons (Fsp3) is 0.250. The van der Waals surface area contributed by atoms with Crippen molar-refractivity contribution in [1.29, 1.82) is 0 Å². The van der Waals surface area contributed by atoms with Crippen molar-refractivity contribution < 1.29 is 9.72 Å². The number of rotatable bonds is 4. The van der Waals surface area contributed by atoms with Gasteiger partial charge in [0.15, 0.2) is 0 Å². The first-order valence-corrected chi connectivity index (χ1v) is 9.20. The van der Waals surface area contributed by atoms with Gasteiger partial charge in [0.25, 0.3) is 5.69 Å². The molecule has 0 saturated carbocycles. The summed E-state index contributed by atoms with van der Waals surface area (Å²) < 4.78 is 0.954. The van der Waals surface area contributed by atoms with E-state index in [9.17, 15) is 14.9 Å². The number of carbonyl (C=O) groups is 1. The molecule has 2 aromatic rings. The summed E-state index contributed by atoms with van der Waals surface area (Å²) in [5.41, 5.74) is 3.01. The van der Waals surface area contributed by atoms with Crippen molar-refractivity contribution in [2.45, 2.75) is 25.7 Å². The lowest BCUT2D eigenvalue weighted by atomic mass is 9.75. The van der Waals surface area contributed by atoms with Crippen LogP contribution in [-0.2, 0) is 4.79 Å². The van der Waals surface area contributed by atoms with Crippen molar-refractivity contribution in [2.75, 3.05) is 5.32 Å². The number of halogens is 1. The van der Waals surface area contributed by atoms with E-state index in [0.717, 1.165) is 22.1 Å². The van der Waals surface area contributed by atoms with Crippen molar-refractivity contribution in [3.05, 3.63) is 80.3 Å². The van der Waals surface area contributed by atoms with E-state index in [1.165, 1.54) is 17.7 Å². The van der Waals surface area contributed by atoms with Crippen LogP contribution in [0.5, 0.6) is 0 Å². The number of nitro benzene ring substituents is 1. The lowest BCUT2D eigenvalue weighted by molar-refractivity contribution is -0.384. The van der Waals surface area contributed by atoms with Crippen molar-refractivity contribution in [3.63, 3.8) is 0 Å². The Morgan fingerprint density at radius 1 is 1.15 bits per heavy atom. The largest absolute Gasteiger partial charge is 0.326 e. The van der Waals surface area contributed by atoms with Crippen LogP contribution in [0.4, 0.5) is 11.4 Å². The Hall–Kier alpha value is -2.47. The summed E-state index contributed by atoms with van der Waals surface area (Å²) in [7, 11) is 0. The van der Waals surface area contributed by atoms with Gasteiger partial charge in [0.1, 0.15) is 0 Å². The highest BCUT2D eigenvalue weighted by Crippen LogP contribution is 2.38. The highest BCUT2D eigenvalue weighted by molar-refractivity contribution is 9.10. The van der Waals surface area contributed by atoms with Crippen LogP contribution in [0.3, 0.4) is 0 Å². The van der Waals surface area contributed by atoms with E-state index in [-0.39, 0.29) is 23.4 Å². The maximum absolute atomic E-state index is 12.9. The first-order chi connectivity index (χ1) is 12.4. The fourth-order valence-corrected chi connectivity index (χ4v) is 3.58. The Bertz CT molecular complexity index is 844. The lowest BCUT2D eigenvalue weighted by Gasteiger charge is -2.30. The number of non-ortho nitro benzene ring substituents is 1. The molecule has 0 aliphatic heterocycles. The Kier molecular flexibility index (Phi) is 5.52. The van der Waals surface area contributed by atoms with Crippen LogP contribution in [0.25, 0.3) is 0 Å². The molecule has 0 bridgehead atoms. The van der Waals surface area contributed by atoms with E-state index >= 15 is 0 Å². The molecular weight excluding hydrogens is 396 g/mol. The molecule has 0 unspecified atom stereocenters. The summed E-state index contributed by atoms with van der Waals surface area (Å²) in [5.74, 6) is -0.223. The molecule has 0 aromatic heterocycles. The van der Waals surface area contributed by atoms with Crippen LogP contribution < -0.4 is 5.32 Å². The van der Waals surface area contributed by atoms with Gasteiger partial charge < -0.3 is 5.32 Å². The van der Waals surface area contributed by atoms with Crippen LogP contribution in [0.1, 0.15) is 31.2 Å². The number of amides is 1. The van der Waals surface area contributed by atoms with Crippen LogP contribution in [-0.4, -0.2) is 10.8 Å². The summed E-state index contributed by atoms with van der Waals surface area (Å²) >= 11 is 3.38. The van der Waals surface area contributed by atoms with E-state index in [2.05, 4.69) is 34.2 Å². The summed E-state index contributed by atoms with van der Waals surface area (Å²) in [6.07, 6.45) is 3.54. The Morgan fingerprint density at radius 3 is 2.42 bits per heavy atom. The number of nitrogens with zero attached hydrogens (tertiary/aromatic N) is 1. The monoisotopic (exact) mass is 414 g/mol. The van der Waals surface area contributed by atoms with Gasteiger partial charge in [0, 0.05) is 28.2 Å². The van der Waals surface area contributed by atoms with E-state index in [1.54, 1.807) is 12.1 Å². The third-order valence-electron chi connectivity index (χ3n) is 4.73. The number of carbonyl (C=O) groups excluding carboxylic acids is 1. The number of hydrogen-bond donors (Lipinski definition) is 1. The summed E-state index contributed by atoms with van der Waals surface area (Å²) in [6.45, 7) is 2.06. The maximum atomic E-state index is 12.9. The van der Waals surface area contributed by atoms with Gasteiger partial charge in [-0.15, -0.1) is 0 Å². The van der Waals surface area contributed by atoms with E-state index in [1.807, 2.05) is 24.3 Å². The zero-order valence-electron chi connectivity index (χ0n) is 14.3. The van der Waals surface area contributed by atoms with Gasteiger partial charge >= 0.3 is 0 Å². The molecule has 2 atom stereocenters. The molecule has 3 rings (SSSR count). The number of nitrogens with one attached hydrogen (secondary N) is 1. The molecule has 0 spiro atoms. The zero-order chi connectivity index (χ0) is 18.7. The van der Waals surface area contributed by atoms with Gasteiger partial charge in [0.2, 0.25) is 5.91 Å². The zero-order valence-corrected chi connectivity index (χ0v) is 15.9.